The Hall–Kier alpha value is -3.93. The molecule has 2 N–H and O–H groups in total. The number of aromatic nitrogens is 1. The molecule has 0 unspecified atom stereocenters. The number of aliphatic hydroxyl groups is 1. The summed E-state index contributed by atoms with van der Waals surface area (Å²) in [6, 6.07) is 18.7. The molecule has 190 valence electrons. The average molecular weight is 496 g/mol. The molecule has 2 atom stereocenters. The average Bonchev–Trinajstić information content (AvgIpc) is 3.55. The Morgan fingerprint density at radius 2 is 2.00 bits per heavy atom. The first-order chi connectivity index (χ1) is 18.0. The number of benzene rings is 2. The molecule has 0 radical (unpaired) electrons. The van der Waals surface area contributed by atoms with E-state index in [1.165, 1.54) is 11.3 Å². The third-order valence-electron chi connectivity index (χ3n) is 7.40. The van der Waals surface area contributed by atoms with Crippen molar-refractivity contribution in [3.63, 3.8) is 0 Å². The van der Waals surface area contributed by atoms with Gasteiger partial charge in [-0.2, -0.15) is 10.4 Å². The second kappa shape index (κ2) is 10.6. The summed E-state index contributed by atoms with van der Waals surface area (Å²) in [6.07, 6.45) is 3.28. The predicted molar refractivity (Wildman–Crippen MR) is 149 cm³/mol. The molecular weight excluding hydrogens is 462 g/mol. The lowest BCUT2D eigenvalue weighted by atomic mass is 10.1. The maximum Gasteiger partial charge on any atom is 0.179 e. The van der Waals surface area contributed by atoms with E-state index in [1.807, 2.05) is 38.2 Å². The van der Waals surface area contributed by atoms with Crippen LogP contribution in [-0.4, -0.2) is 61.6 Å². The zero-order chi connectivity index (χ0) is 25.9. The molecule has 2 aliphatic heterocycles. The van der Waals surface area contributed by atoms with E-state index in [-0.39, 0.29) is 12.6 Å². The number of nitrogens with zero attached hydrogens (tertiary/aromatic N) is 6. The monoisotopic (exact) mass is 495 g/mol. The molecule has 1 aromatic heterocycles. The molecule has 0 saturated carbocycles. The van der Waals surface area contributed by atoms with E-state index in [9.17, 15) is 5.11 Å². The van der Waals surface area contributed by atoms with Gasteiger partial charge in [0.1, 0.15) is 0 Å². The van der Waals surface area contributed by atoms with E-state index in [0.29, 0.717) is 18.0 Å². The van der Waals surface area contributed by atoms with Gasteiger partial charge < -0.3 is 24.8 Å². The zero-order valence-corrected chi connectivity index (χ0v) is 21.4. The van der Waals surface area contributed by atoms with E-state index in [4.69, 9.17) is 5.26 Å². The number of hydrogen-bond acceptors (Lipinski definition) is 6. The Morgan fingerprint density at radius 1 is 1.19 bits per heavy atom. The molecule has 0 spiro atoms. The second-order valence-electron chi connectivity index (χ2n) is 9.96. The highest BCUT2D eigenvalue weighted by molar-refractivity contribution is 6.10. The number of aliphatic hydroxyl groups excluding tert-OH is 1. The Kier molecular flexibility index (Phi) is 7.08. The van der Waals surface area contributed by atoms with Gasteiger partial charge in [-0.05, 0) is 66.8 Å². The highest BCUT2D eigenvalue weighted by Crippen LogP contribution is 2.34. The summed E-state index contributed by atoms with van der Waals surface area (Å²) < 4.78 is 2.22. The molecule has 1 saturated heterocycles. The maximum atomic E-state index is 9.30. The lowest BCUT2D eigenvalue weighted by Gasteiger charge is -2.24. The van der Waals surface area contributed by atoms with Crippen LogP contribution in [0.4, 0.5) is 11.4 Å². The molecule has 1 fully saturated rings. The van der Waals surface area contributed by atoms with E-state index >= 15 is 0 Å². The molecule has 0 amide bonds. The van der Waals surface area contributed by atoms with Gasteiger partial charge in [-0.3, -0.25) is 0 Å². The molecule has 3 heterocycles. The third kappa shape index (κ3) is 5.01. The summed E-state index contributed by atoms with van der Waals surface area (Å²) >= 11 is 0. The predicted octanol–water partition coefficient (Wildman–Crippen LogP) is 3.68. The molecule has 0 bridgehead atoms. The van der Waals surface area contributed by atoms with Gasteiger partial charge in [0, 0.05) is 69.1 Å². The van der Waals surface area contributed by atoms with Crippen LogP contribution in [0, 0.1) is 17.2 Å². The summed E-state index contributed by atoms with van der Waals surface area (Å²) in [5.74, 6) is 1.31. The number of rotatable bonds is 7. The number of fused-ring (bicyclic) bond motifs is 2. The van der Waals surface area contributed by atoms with E-state index in [1.54, 1.807) is 0 Å². The van der Waals surface area contributed by atoms with Crippen molar-refractivity contribution in [1.29, 1.82) is 5.26 Å². The van der Waals surface area contributed by atoms with Gasteiger partial charge in [0.25, 0.3) is 0 Å². The van der Waals surface area contributed by atoms with Crippen LogP contribution in [0.2, 0.25) is 0 Å². The van der Waals surface area contributed by atoms with E-state index in [2.05, 4.69) is 73.1 Å². The van der Waals surface area contributed by atoms with Gasteiger partial charge >= 0.3 is 0 Å². The van der Waals surface area contributed by atoms with Crippen LogP contribution in [0.5, 0.6) is 0 Å². The Labute approximate surface area is 218 Å². The summed E-state index contributed by atoms with van der Waals surface area (Å²) in [4.78, 5) is 4.54. The summed E-state index contributed by atoms with van der Waals surface area (Å²) in [5.41, 5.74) is 7.28. The van der Waals surface area contributed by atoms with Gasteiger partial charge in [-0.1, -0.05) is 12.1 Å². The van der Waals surface area contributed by atoms with Crippen molar-refractivity contribution in [2.24, 2.45) is 16.1 Å². The van der Waals surface area contributed by atoms with Crippen molar-refractivity contribution in [3.8, 4) is 17.2 Å². The fraction of sp³-hybridized carbons (Fsp3) is 0.345. The highest BCUT2D eigenvalue weighted by atomic mass is 16.3. The number of hydrogen-bond donors (Lipinski definition) is 2. The van der Waals surface area contributed by atoms with Crippen molar-refractivity contribution >= 4 is 23.9 Å². The standard InChI is InChI=1S/C29H33N7O/c1-20(19-37)32-15-22-10-11-35(16-22)26-8-9-27-25(12-26)18-36-17-24(23-6-4-21(14-30)5-7-23)13-28(36)29(33-31-2)34(27)3/h4-9,12-13,17,20,22,32,37H,2,10-11,15-16,18-19H2,1,3H3/b33-29-/t20-,22-/m1/s1. The number of amidine groups is 1. The van der Waals surface area contributed by atoms with Gasteiger partial charge in [0.05, 0.1) is 23.9 Å². The normalized spacial score (nSPS) is 18.8. The molecular formula is C29H33N7O. The number of anilines is 2. The lowest BCUT2D eigenvalue weighted by molar-refractivity contribution is 0.247. The first-order valence-corrected chi connectivity index (χ1v) is 12.7. The van der Waals surface area contributed by atoms with Crippen molar-refractivity contribution in [1.82, 2.24) is 9.88 Å². The Bertz CT molecular complexity index is 1350. The van der Waals surface area contributed by atoms with Crippen LogP contribution < -0.4 is 15.1 Å². The molecule has 2 aliphatic rings. The Morgan fingerprint density at radius 3 is 2.73 bits per heavy atom. The van der Waals surface area contributed by atoms with Crippen LogP contribution in [0.1, 0.15) is 30.2 Å². The third-order valence-corrected chi connectivity index (χ3v) is 7.40. The minimum absolute atomic E-state index is 0.128. The first kappa shape index (κ1) is 24.8. The molecule has 3 aromatic rings. The molecule has 37 heavy (non-hydrogen) atoms. The van der Waals surface area contributed by atoms with Crippen LogP contribution in [0.15, 0.2) is 64.9 Å². The van der Waals surface area contributed by atoms with Crippen LogP contribution in [0.3, 0.4) is 0 Å². The fourth-order valence-corrected chi connectivity index (χ4v) is 5.27. The van der Waals surface area contributed by atoms with E-state index in [0.717, 1.165) is 54.4 Å². The number of nitrogens with one attached hydrogen (secondary N) is 1. The largest absolute Gasteiger partial charge is 0.395 e. The smallest absolute Gasteiger partial charge is 0.179 e. The zero-order valence-electron chi connectivity index (χ0n) is 21.4. The molecule has 8 nitrogen and oxygen atoms in total. The maximum absolute atomic E-state index is 9.30. The SMILES string of the molecule is C=N/N=C1/c2cc(-c3ccc(C#N)cc3)cn2Cc2cc(N3CC[C@H](CN[C@H](C)CO)C3)ccc2N1C. The van der Waals surface area contributed by atoms with Crippen molar-refractivity contribution in [2.75, 3.05) is 43.1 Å². The lowest BCUT2D eigenvalue weighted by Crippen LogP contribution is -2.34. The number of nitriles is 1. The summed E-state index contributed by atoms with van der Waals surface area (Å²) in [6.45, 7) is 9.45. The van der Waals surface area contributed by atoms with Crippen molar-refractivity contribution in [2.45, 2.75) is 25.9 Å². The van der Waals surface area contributed by atoms with Crippen LogP contribution in [-0.2, 0) is 6.54 Å². The van der Waals surface area contributed by atoms with Gasteiger partial charge in [0.15, 0.2) is 5.84 Å². The van der Waals surface area contributed by atoms with Gasteiger partial charge in [0.2, 0.25) is 0 Å². The van der Waals surface area contributed by atoms with E-state index < -0.39 is 0 Å². The Balaban J connectivity index is 1.44. The van der Waals surface area contributed by atoms with Crippen LogP contribution in [0.25, 0.3) is 11.1 Å². The summed E-state index contributed by atoms with van der Waals surface area (Å²) in [7, 11) is 2.02. The summed E-state index contributed by atoms with van der Waals surface area (Å²) in [5, 5.41) is 30.2. The highest BCUT2D eigenvalue weighted by Gasteiger charge is 2.27. The molecule has 5 rings (SSSR count). The fourth-order valence-electron chi connectivity index (χ4n) is 5.27. The first-order valence-electron chi connectivity index (χ1n) is 12.7. The van der Waals surface area contributed by atoms with Gasteiger partial charge in [-0.15, -0.1) is 5.10 Å². The molecule has 2 aromatic carbocycles. The van der Waals surface area contributed by atoms with Crippen molar-refractivity contribution in [3.05, 3.63) is 71.5 Å². The quantitative estimate of drug-likeness (QED) is 0.385. The molecule has 0 aliphatic carbocycles. The van der Waals surface area contributed by atoms with Crippen LogP contribution >= 0.6 is 0 Å². The minimum atomic E-state index is 0.128. The van der Waals surface area contributed by atoms with Gasteiger partial charge in [-0.25, -0.2) is 0 Å². The second-order valence-corrected chi connectivity index (χ2v) is 9.96. The topological polar surface area (TPSA) is 92.2 Å². The minimum Gasteiger partial charge on any atom is -0.395 e. The van der Waals surface area contributed by atoms with Crippen molar-refractivity contribution < 1.29 is 5.11 Å². The molecule has 8 heteroatoms.